The highest BCUT2D eigenvalue weighted by Gasteiger charge is 2.32. The lowest BCUT2D eigenvalue weighted by atomic mass is 10.0. The quantitative estimate of drug-likeness (QED) is 0.694. The van der Waals surface area contributed by atoms with Crippen LogP contribution in [0, 0.1) is 0 Å². The molecule has 2 aromatic carbocycles. The van der Waals surface area contributed by atoms with Crippen molar-refractivity contribution in [3.05, 3.63) is 59.2 Å². The molecule has 30 heavy (non-hydrogen) atoms. The largest absolute Gasteiger partial charge is 0.497 e. The van der Waals surface area contributed by atoms with Crippen molar-refractivity contribution in [2.24, 2.45) is 0 Å². The summed E-state index contributed by atoms with van der Waals surface area (Å²) in [7, 11) is -2.12. The molecule has 0 aromatic heterocycles. The van der Waals surface area contributed by atoms with Crippen LogP contribution >= 0.6 is 0 Å². The van der Waals surface area contributed by atoms with Crippen molar-refractivity contribution >= 4 is 21.6 Å². The predicted molar refractivity (Wildman–Crippen MR) is 119 cm³/mol. The Morgan fingerprint density at radius 3 is 2.40 bits per heavy atom. The van der Waals surface area contributed by atoms with Crippen molar-refractivity contribution in [3.63, 3.8) is 0 Å². The van der Waals surface area contributed by atoms with Gasteiger partial charge in [0.05, 0.1) is 25.1 Å². The molecule has 6 nitrogen and oxygen atoms in total. The lowest BCUT2D eigenvalue weighted by molar-refractivity contribution is -0.122. The van der Waals surface area contributed by atoms with Crippen LogP contribution in [0.15, 0.2) is 42.5 Å². The number of methoxy groups -OCH3 is 1. The summed E-state index contributed by atoms with van der Waals surface area (Å²) >= 11 is 0. The summed E-state index contributed by atoms with van der Waals surface area (Å²) in [6.07, 6.45) is 4.82. The van der Waals surface area contributed by atoms with Crippen molar-refractivity contribution < 1.29 is 17.9 Å². The second kappa shape index (κ2) is 9.08. The maximum absolute atomic E-state index is 13.1. The van der Waals surface area contributed by atoms with E-state index >= 15 is 0 Å². The normalized spacial score (nSPS) is 15.2. The number of sulfonamides is 1. The topological polar surface area (TPSA) is 75.7 Å². The standard InChI is InChI=1S/C23H30N2O4S/c1-5-22(25(30(4,27)28)20-11-13-21(29-3)14-12-20)23(26)24-16(2)18-10-9-17-7-6-8-19(17)15-18/h9-16,22H,5-8H2,1-4H3,(H,24,26)/t16-,22-/m1/s1. The van der Waals surface area contributed by atoms with Gasteiger partial charge in [-0.1, -0.05) is 25.1 Å². The molecule has 0 spiro atoms. The Bertz CT molecular complexity index is 1000. The molecule has 2 aromatic rings. The smallest absolute Gasteiger partial charge is 0.244 e. The molecule has 0 saturated carbocycles. The maximum Gasteiger partial charge on any atom is 0.244 e. The van der Waals surface area contributed by atoms with E-state index in [-0.39, 0.29) is 11.9 Å². The Balaban J connectivity index is 1.83. The molecule has 0 heterocycles. The van der Waals surface area contributed by atoms with E-state index in [9.17, 15) is 13.2 Å². The molecule has 162 valence electrons. The number of hydrogen-bond donors (Lipinski definition) is 1. The molecular formula is C23H30N2O4S. The maximum atomic E-state index is 13.1. The number of carbonyl (C=O) groups is 1. The van der Waals surface area contributed by atoms with Crippen LogP contribution in [0.5, 0.6) is 5.75 Å². The van der Waals surface area contributed by atoms with Gasteiger partial charge in [-0.05, 0) is 73.6 Å². The molecule has 1 aliphatic rings. The van der Waals surface area contributed by atoms with Crippen LogP contribution in [-0.2, 0) is 27.7 Å². The molecule has 0 saturated heterocycles. The van der Waals surface area contributed by atoms with Gasteiger partial charge in [0.15, 0.2) is 0 Å². The minimum atomic E-state index is -3.67. The second-order valence-corrected chi connectivity index (χ2v) is 9.65. The summed E-state index contributed by atoms with van der Waals surface area (Å²) in [5, 5.41) is 3.01. The molecule has 1 N–H and O–H groups in total. The summed E-state index contributed by atoms with van der Waals surface area (Å²) in [4.78, 5) is 13.1. The molecule has 0 bridgehead atoms. The third-order valence-electron chi connectivity index (χ3n) is 5.64. The van der Waals surface area contributed by atoms with Gasteiger partial charge >= 0.3 is 0 Å². The number of aryl methyl sites for hydroxylation is 2. The van der Waals surface area contributed by atoms with E-state index in [1.807, 2.05) is 19.9 Å². The van der Waals surface area contributed by atoms with E-state index in [4.69, 9.17) is 4.74 Å². The molecule has 3 rings (SSSR count). The molecule has 7 heteroatoms. The van der Waals surface area contributed by atoms with Gasteiger partial charge in [-0.3, -0.25) is 9.10 Å². The molecule has 0 unspecified atom stereocenters. The first kappa shape index (κ1) is 22.2. The molecular weight excluding hydrogens is 400 g/mol. The number of amides is 1. The van der Waals surface area contributed by atoms with E-state index in [2.05, 4.69) is 17.4 Å². The van der Waals surface area contributed by atoms with Crippen LogP contribution in [0.2, 0.25) is 0 Å². The van der Waals surface area contributed by atoms with Crippen molar-refractivity contribution in [1.82, 2.24) is 5.32 Å². The average Bonchev–Trinajstić information content (AvgIpc) is 3.18. The van der Waals surface area contributed by atoms with Gasteiger partial charge in [-0.2, -0.15) is 0 Å². The van der Waals surface area contributed by atoms with Crippen molar-refractivity contribution in [2.45, 2.75) is 51.6 Å². The van der Waals surface area contributed by atoms with Gasteiger partial charge in [-0.15, -0.1) is 0 Å². The number of nitrogens with one attached hydrogen (secondary N) is 1. The summed E-state index contributed by atoms with van der Waals surface area (Å²) in [5.74, 6) is 0.307. The molecule has 0 aliphatic heterocycles. The molecule has 1 amide bonds. The SMILES string of the molecule is CC[C@H](C(=O)N[C@H](C)c1ccc2c(c1)CCC2)N(c1ccc(OC)cc1)S(C)(=O)=O. The highest BCUT2D eigenvalue weighted by molar-refractivity contribution is 7.92. The van der Waals surface area contributed by atoms with Gasteiger partial charge in [0.2, 0.25) is 15.9 Å². The lowest BCUT2D eigenvalue weighted by Crippen LogP contribution is -2.49. The second-order valence-electron chi connectivity index (χ2n) is 7.79. The monoisotopic (exact) mass is 430 g/mol. The van der Waals surface area contributed by atoms with Crippen LogP contribution in [0.1, 0.15) is 49.4 Å². The first-order valence-electron chi connectivity index (χ1n) is 10.3. The number of nitrogens with zero attached hydrogens (tertiary/aromatic N) is 1. The highest BCUT2D eigenvalue weighted by Crippen LogP contribution is 2.27. The van der Waals surface area contributed by atoms with E-state index < -0.39 is 16.1 Å². The average molecular weight is 431 g/mol. The number of fused-ring (bicyclic) bond motifs is 1. The Labute approximate surface area is 179 Å². The Hall–Kier alpha value is -2.54. The molecule has 1 aliphatic carbocycles. The van der Waals surface area contributed by atoms with Gasteiger partial charge in [-0.25, -0.2) is 8.42 Å². The number of ether oxygens (including phenoxy) is 1. The van der Waals surface area contributed by atoms with Crippen LogP contribution < -0.4 is 14.4 Å². The number of rotatable bonds is 8. The number of benzene rings is 2. The van der Waals surface area contributed by atoms with Crippen LogP contribution in [0.25, 0.3) is 0 Å². The number of carbonyl (C=O) groups excluding carboxylic acids is 1. The minimum Gasteiger partial charge on any atom is -0.497 e. The minimum absolute atomic E-state index is 0.213. The van der Waals surface area contributed by atoms with Crippen molar-refractivity contribution in [2.75, 3.05) is 17.7 Å². The van der Waals surface area contributed by atoms with Gasteiger partial charge in [0.25, 0.3) is 0 Å². The predicted octanol–water partition coefficient (Wildman–Crippen LogP) is 3.61. The third-order valence-corrected chi connectivity index (χ3v) is 6.82. The molecule has 0 radical (unpaired) electrons. The Morgan fingerprint density at radius 2 is 1.80 bits per heavy atom. The fourth-order valence-corrected chi connectivity index (χ4v) is 5.26. The van der Waals surface area contributed by atoms with E-state index in [1.54, 1.807) is 31.4 Å². The van der Waals surface area contributed by atoms with Crippen molar-refractivity contribution in [3.8, 4) is 5.75 Å². The number of anilines is 1. The van der Waals surface area contributed by atoms with Crippen molar-refractivity contribution in [1.29, 1.82) is 0 Å². The van der Waals surface area contributed by atoms with E-state index in [1.165, 1.54) is 21.9 Å². The van der Waals surface area contributed by atoms with Crippen LogP contribution in [0.4, 0.5) is 5.69 Å². The third kappa shape index (κ3) is 4.78. The number of hydrogen-bond acceptors (Lipinski definition) is 4. The van der Waals surface area contributed by atoms with Crippen LogP contribution in [-0.4, -0.2) is 33.7 Å². The van der Waals surface area contributed by atoms with E-state index in [0.717, 1.165) is 24.7 Å². The zero-order chi connectivity index (χ0) is 21.9. The summed E-state index contributed by atoms with van der Waals surface area (Å²) in [6, 6.07) is 12.0. The van der Waals surface area contributed by atoms with E-state index in [0.29, 0.717) is 17.9 Å². The fraction of sp³-hybridized carbons (Fsp3) is 0.435. The summed E-state index contributed by atoms with van der Waals surface area (Å²) in [5.41, 5.74) is 4.20. The summed E-state index contributed by atoms with van der Waals surface area (Å²) < 4.78 is 31.5. The Kier molecular flexibility index (Phi) is 6.71. The molecule has 0 fully saturated rings. The first-order chi connectivity index (χ1) is 14.2. The van der Waals surface area contributed by atoms with Crippen LogP contribution in [0.3, 0.4) is 0 Å². The molecule has 2 atom stereocenters. The summed E-state index contributed by atoms with van der Waals surface area (Å²) in [6.45, 7) is 3.74. The zero-order valence-electron chi connectivity index (χ0n) is 18.0. The fourth-order valence-electron chi connectivity index (χ4n) is 4.04. The van der Waals surface area contributed by atoms with Gasteiger partial charge < -0.3 is 10.1 Å². The van der Waals surface area contributed by atoms with Gasteiger partial charge in [0.1, 0.15) is 11.8 Å². The highest BCUT2D eigenvalue weighted by atomic mass is 32.2. The van der Waals surface area contributed by atoms with Gasteiger partial charge in [0, 0.05) is 0 Å². The Morgan fingerprint density at radius 1 is 1.13 bits per heavy atom. The zero-order valence-corrected chi connectivity index (χ0v) is 18.8. The first-order valence-corrected chi connectivity index (χ1v) is 12.1. The lowest BCUT2D eigenvalue weighted by Gasteiger charge is -2.31.